The molecule has 362 valence electrons. The van der Waals surface area contributed by atoms with Gasteiger partial charge in [-0.05, 0) is 45.2 Å². The number of hydrogen-bond acceptors (Lipinski definition) is 9. The number of carbonyl (C=O) groups is 3. The van der Waals surface area contributed by atoms with Crippen LogP contribution in [-0.4, -0.2) is 93.3 Å². The lowest BCUT2D eigenvalue weighted by Gasteiger charge is -2.27. The van der Waals surface area contributed by atoms with Crippen molar-refractivity contribution in [1.29, 1.82) is 0 Å². The van der Waals surface area contributed by atoms with E-state index in [2.05, 4.69) is 30.6 Å². The van der Waals surface area contributed by atoms with E-state index in [4.69, 9.17) is 19.9 Å². The molecule has 0 radical (unpaired) electrons. The van der Waals surface area contributed by atoms with Gasteiger partial charge in [0.05, 0.1) is 39.1 Å². The van der Waals surface area contributed by atoms with Crippen molar-refractivity contribution in [2.24, 2.45) is 5.73 Å². The van der Waals surface area contributed by atoms with E-state index in [-0.39, 0.29) is 17.9 Å². The summed E-state index contributed by atoms with van der Waals surface area (Å²) in [5.41, 5.74) is 5.77. The molecule has 0 unspecified atom stereocenters. The molecule has 0 aliphatic carbocycles. The van der Waals surface area contributed by atoms with Gasteiger partial charge in [0.25, 0.3) is 0 Å². The van der Waals surface area contributed by atoms with Crippen LogP contribution in [0.3, 0.4) is 0 Å². The minimum atomic E-state index is -0.173. The van der Waals surface area contributed by atoms with E-state index < -0.39 is 0 Å². The first-order chi connectivity index (χ1) is 30.0. The molecular formula is C52H103N3O6. The lowest BCUT2D eigenvalue weighted by Crippen LogP contribution is -2.39. The summed E-state index contributed by atoms with van der Waals surface area (Å²) in [5.74, 6) is -0.475. The number of nitrogens with two attached hydrogens (primary N) is 1. The molecule has 0 rings (SSSR count). The lowest BCUT2D eigenvalue weighted by molar-refractivity contribution is -0.145. The van der Waals surface area contributed by atoms with Gasteiger partial charge in [0.15, 0.2) is 0 Å². The standard InChI is InChI=1S/C52H103N3O6/c1-4-7-10-13-16-19-22-25-28-34-47-59-50(56)37-42-54(41-33-31-32-40-53)45-46-55(43-38-51(57)60-48-35-29-26-23-20-17-14-11-8-5-2)44-39-52(58)61-49-36-30-27-24-21-18-15-12-9-6-3/h4-49,53H2,1-3H3. The molecule has 0 bridgehead atoms. The summed E-state index contributed by atoms with van der Waals surface area (Å²) in [4.78, 5) is 42.9. The van der Waals surface area contributed by atoms with Crippen molar-refractivity contribution in [3.63, 3.8) is 0 Å². The van der Waals surface area contributed by atoms with E-state index in [0.29, 0.717) is 71.8 Å². The van der Waals surface area contributed by atoms with Crippen LogP contribution in [0.5, 0.6) is 0 Å². The Kier molecular flexibility index (Phi) is 47.9. The molecule has 0 fully saturated rings. The van der Waals surface area contributed by atoms with E-state index in [9.17, 15) is 14.4 Å². The van der Waals surface area contributed by atoms with Gasteiger partial charge in [0.2, 0.25) is 0 Å². The number of esters is 3. The van der Waals surface area contributed by atoms with Crippen molar-refractivity contribution < 1.29 is 28.6 Å². The Morgan fingerprint density at radius 1 is 0.311 bits per heavy atom. The third-order valence-corrected chi connectivity index (χ3v) is 12.1. The van der Waals surface area contributed by atoms with E-state index in [1.807, 2.05) is 0 Å². The molecule has 0 saturated carbocycles. The van der Waals surface area contributed by atoms with Crippen LogP contribution in [0.2, 0.25) is 0 Å². The molecule has 2 N–H and O–H groups in total. The smallest absolute Gasteiger partial charge is 0.307 e. The lowest BCUT2D eigenvalue weighted by atomic mass is 10.1. The summed E-state index contributed by atoms with van der Waals surface area (Å²) in [6, 6.07) is 0. The molecule has 0 amide bonds. The molecule has 0 aliphatic rings. The van der Waals surface area contributed by atoms with Crippen LogP contribution in [0.4, 0.5) is 0 Å². The molecule has 0 aromatic carbocycles. The highest BCUT2D eigenvalue weighted by Gasteiger charge is 2.16. The summed E-state index contributed by atoms with van der Waals surface area (Å²) in [6.45, 7) is 12.9. The van der Waals surface area contributed by atoms with Crippen molar-refractivity contribution >= 4 is 17.9 Å². The predicted octanol–water partition coefficient (Wildman–Crippen LogP) is 13.3. The van der Waals surface area contributed by atoms with Gasteiger partial charge in [-0.25, -0.2) is 0 Å². The fraction of sp³-hybridized carbons (Fsp3) is 0.942. The molecule has 0 heterocycles. The zero-order chi connectivity index (χ0) is 44.5. The molecule has 9 heteroatoms. The Morgan fingerprint density at radius 2 is 0.557 bits per heavy atom. The molecule has 0 aliphatic heterocycles. The van der Waals surface area contributed by atoms with Gasteiger partial charge in [-0.15, -0.1) is 0 Å². The maximum atomic E-state index is 12.8. The second-order valence-electron chi connectivity index (χ2n) is 18.0. The number of unbranched alkanes of at least 4 members (excludes halogenated alkanes) is 29. The number of nitrogens with zero attached hydrogens (tertiary/aromatic N) is 2. The number of ether oxygens (including phenoxy) is 3. The van der Waals surface area contributed by atoms with Gasteiger partial charge in [-0.1, -0.05) is 201 Å². The van der Waals surface area contributed by atoms with Crippen LogP contribution < -0.4 is 5.73 Å². The summed E-state index contributed by atoms with van der Waals surface area (Å²) in [5, 5.41) is 0. The van der Waals surface area contributed by atoms with E-state index in [1.165, 1.54) is 154 Å². The Balaban J connectivity index is 4.84. The fourth-order valence-corrected chi connectivity index (χ4v) is 7.90. The molecule has 0 atom stereocenters. The molecule has 0 aromatic rings. The van der Waals surface area contributed by atoms with Crippen LogP contribution >= 0.6 is 0 Å². The summed E-state index contributed by atoms with van der Waals surface area (Å²) < 4.78 is 16.9. The van der Waals surface area contributed by atoms with Crippen LogP contribution in [0.25, 0.3) is 0 Å². The van der Waals surface area contributed by atoms with Gasteiger partial charge >= 0.3 is 17.9 Å². The van der Waals surface area contributed by atoms with Crippen LogP contribution in [0, 0.1) is 0 Å². The number of hydrogen-bond donors (Lipinski definition) is 1. The van der Waals surface area contributed by atoms with Crippen molar-refractivity contribution in [3.05, 3.63) is 0 Å². The predicted molar refractivity (Wildman–Crippen MR) is 258 cm³/mol. The zero-order valence-electron chi connectivity index (χ0n) is 40.9. The Labute approximate surface area is 378 Å². The third-order valence-electron chi connectivity index (χ3n) is 12.1. The first-order valence-electron chi connectivity index (χ1n) is 26.6. The number of rotatable bonds is 50. The molecule has 0 aromatic heterocycles. The average Bonchev–Trinajstić information content (AvgIpc) is 3.26. The first kappa shape index (κ1) is 59.3. The molecule has 61 heavy (non-hydrogen) atoms. The second kappa shape index (κ2) is 49.3. The Hall–Kier alpha value is -1.71. The van der Waals surface area contributed by atoms with E-state index >= 15 is 0 Å². The summed E-state index contributed by atoms with van der Waals surface area (Å²) in [6.07, 6.45) is 41.5. The van der Waals surface area contributed by atoms with Crippen LogP contribution in [0.1, 0.15) is 252 Å². The van der Waals surface area contributed by atoms with Crippen LogP contribution in [-0.2, 0) is 28.6 Å². The molecule has 0 saturated heterocycles. The Morgan fingerprint density at radius 3 is 0.836 bits per heavy atom. The second-order valence-corrected chi connectivity index (χ2v) is 18.0. The van der Waals surface area contributed by atoms with Crippen molar-refractivity contribution in [3.8, 4) is 0 Å². The largest absolute Gasteiger partial charge is 0.466 e. The topological polar surface area (TPSA) is 111 Å². The van der Waals surface area contributed by atoms with Gasteiger partial charge < -0.3 is 29.7 Å². The normalized spacial score (nSPS) is 11.5. The fourth-order valence-electron chi connectivity index (χ4n) is 7.90. The number of carbonyl (C=O) groups excluding carboxylic acids is 3. The maximum Gasteiger partial charge on any atom is 0.307 e. The van der Waals surface area contributed by atoms with Gasteiger partial charge in [0.1, 0.15) is 0 Å². The van der Waals surface area contributed by atoms with Crippen molar-refractivity contribution in [2.75, 3.05) is 65.6 Å². The summed E-state index contributed by atoms with van der Waals surface area (Å²) in [7, 11) is 0. The SMILES string of the molecule is CCCCCCCCCCCCOC(=O)CCN(CCCCCN)CCN(CCC(=O)OCCCCCCCCCCCC)CCC(=O)OCCCCCCCCCCCC. The molecule has 0 spiro atoms. The Bertz CT molecular complexity index is 895. The van der Waals surface area contributed by atoms with Gasteiger partial charge in [0, 0.05) is 32.7 Å². The maximum absolute atomic E-state index is 12.8. The van der Waals surface area contributed by atoms with Gasteiger partial charge in [-0.3, -0.25) is 14.4 Å². The monoisotopic (exact) mass is 866 g/mol. The quantitative estimate of drug-likeness (QED) is 0.0363. The van der Waals surface area contributed by atoms with Gasteiger partial charge in [-0.2, -0.15) is 0 Å². The third kappa shape index (κ3) is 46.1. The highest BCUT2D eigenvalue weighted by Crippen LogP contribution is 2.14. The molecular weight excluding hydrogens is 763 g/mol. The highest BCUT2D eigenvalue weighted by molar-refractivity contribution is 5.70. The van der Waals surface area contributed by atoms with E-state index in [1.54, 1.807) is 0 Å². The zero-order valence-corrected chi connectivity index (χ0v) is 40.9. The average molecular weight is 866 g/mol. The minimum Gasteiger partial charge on any atom is -0.466 e. The van der Waals surface area contributed by atoms with Crippen molar-refractivity contribution in [2.45, 2.75) is 252 Å². The summed E-state index contributed by atoms with van der Waals surface area (Å²) >= 11 is 0. The van der Waals surface area contributed by atoms with E-state index in [0.717, 1.165) is 70.9 Å². The molecule has 9 nitrogen and oxygen atoms in total. The first-order valence-corrected chi connectivity index (χ1v) is 26.6. The van der Waals surface area contributed by atoms with Crippen LogP contribution in [0.15, 0.2) is 0 Å². The van der Waals surface area contributed by atoms with Crippen molar-refractivity contribution in [1.82, 2.24) is 9.80 Å². The minimum absolute atomic E-state index is 0.130. The highest BCUT2D eigenvalue weighted by atomic mass is 16.5.